The van der Waals surface area contributed by atoms with Gasteiger partial charge in [0.15, 0.2) is 11.6 Å². The number of halogens is 3. The molecule has 1 aliphatic rings. The Labute approximate surface area is 224 Å². The molecule has 0 aliphatic carbocycles. The van der Waals surface area contributed by atoms with Crippen LogP contribution in [0.15, 0.2) is 18.3 Å². The first-order valence-corrected chi connectivity index (χ1v) is 12.3. The number of benzene rings is 1. The van der Waals surface area contributed by atoms with Gasteiger partial charge in [-0.25, -0.2) is 0 Å². The summed E-state index contributed by atoms with van der Waals surface area (Å²) < 4.78 is 4.96. The fraction of sp³-hybridized carbons (Fsp3) is 0.273. The van der Waals surface area contributed by atoms with E-state index in [9.17, 15) is 10.4 Å². The number of aromatic hydroxyl groups is 1. The summed E-state index contributed by atoms with van der Waals surface area (Å²) >= 11 is 10.5. The molecule has 0 saturated carbocycles. The van der Waals surface area contributed by atoms with Crippen molar-refractivity contribution in [3.63, 3.8) is 0 Å². The van der Waals surface area contributed by atoms with Gasteiger partial charge in [-0.15, -0.1) is 6.42 Å². The van der Waals surface area contributed by atoms with Crippen LogP contribution in [0.4, 0.5) is 5.82 Å². The normalized spacial score (nSPS) is 11.9. The molecular weight excluding hydrogens is 668 g/mol. The lowest BCUT2D eigenvalue weighted by atomic mass is 10.1. The van der Waals surface area contributed by atoms with Gasteiger partial charge in [0.05, 0.1) is 37.2 Å². The molecule has 0 unspecified atom stereocenters. The van der Waals surface area contributed by atoms with Crippen LogP contribution in [-0.4, -0.2) is 38.3 Å². The third-order valence-corrected chi connectivity index (χ3v) is 6.94. The van der Waals surface area contributed by atoms with Gasteiger partial charge in [0, 0.05) is 13.6 Å². The fourth-order valence-corrected chi connectivity index (χ4v) is 5.44. The molecule has 0 spiro atoms. The largest absolute Gasteiger partial charge is 0.506 e. The Morgan fingerprint density at radius 2 is 1.94 bits per heavy atom. The van der Waals surface area contributed by atoms with Crippen LogP contribution in [0.5, 0.6) is 5.75 Å². The molecule has 2 aromatic heterocycles. The van der Waals surface area contributed by atoms with Crippen molar-refractivity contribution in [2.24, 2.45) is 0 Å². The van der Waals surface area contributed by atoms with E-state index < -0.39 is 0 Å². The quantitative estimate of drug-likeness (QED) is 0.322. The maximum atomic E-state index is 9.30. The lowest BCUT2D eigenvalue weighted by Crippen LogP contribution is -2.21. The highest BCUT2D eigenvalue weighted by Gasteiger charge is 2.24. The van der Waals surface area contributed by atoms with Gasteiger partial charge < -0.3 is 10.0 Å². The predicted molar refractivity (Wildman–Crippen MR) is 142 cm³/mol. The number of hydrogen-bond acceptors (Lipinski definition) is 6. The number of hydrogen-bond donors (Lipinski definition) is 1. The van der Waals surface area contributed by atoms with Crippen molar-refractivity contribution >= 4 is 62.6 Å². The lowest BCUT2D eigenvalue weighted by molar-refractivity contribution is 0.467. The van der Waals surface area contributed by atoms with E-state index in [2.05, 4.69) is 22.2 Å². The summed E-state index contributed by atoms with van der Waals surface area (Å²) in [5, 5.41) is 36.6. The first kappa shape index (κ1) is 25.2. The van der Waals surface area contributed by atoms with Crippen LogP contribution in [0.25, 0.3) is 5.82 Å². The fourth-order valence-electron chi connectivity index (χ4n) is 3.36. The molecule has 1 aliphatic heterocycles. The number of anilines is 1. The Kier molecular flexibility index (Phi) is 8.46. The Morgan fingerprint density at radius 3 is 2.52 bits per heavy atom. The number of nitrogens with zero attached hydrogens (tertiary/aromatic N) is 7. The molecule has 11 heteroatoms. The minimum atomic E-state index is 0.255. The third kappa shape index (κ3) is 5.37. The number of aryl methyl sites for hydroxylation is 1. The van der Waals surface area contributed by atoms with Crippen molar-refractivity contribution in [1.82, 2.24) is 19.6 Å². The van der Waals surface area contributed by atoms with E-state index in [-0.39, 0.29) is 5.75 Å². The smallest absolute Gasteiger partial charge is 0.196 e. The second kappa shape index (κ2) is 11.1. The van der Waals surface area contributed by atoms with Crippen LogP contribution in [0, 0.1) is 42.1 Å². The Balaban J connectivity index is 0.000000235. The van der Waals surface area contributed by atoms with E-state index in [4.69, 9.17) is 23.3 Å². The number of rotatable bonds is 3. The van der Waals surface area contributed by atoms with E-state index in [0.717, 1.165) is 31.5 Å². The van der Waals surface area contributed by atoms with Crippen LogP contribution in [0.1, 0.15) is 29.7 Å². The summed E-state index contributed by atoms with van der Waals surface area (Å²) in [6, 6.07) is 7.45. The highest BCUT2D eigenvalue weighted by atomic mass is 127. The standard InChI is InChI=1S/C15H15ClN6.C7H3I2NO/c1-3-7-20(2)15-11(9-17)10-18-22(15)14-13(16)12-6-4-5-8-21(12)19-14;8-5-1-4(3-10)2-6(9)7(5)11/h1,10H,4-8H2,2H3;1-2,11H. The highest BCUT2D eigenvalue weighted by Crippen LogP contribution is 2.32. The van der Waals surface area contributed by atoms with Crippen molar-refractivity contribution in [3.05, 3.63) is 47.3 Å². The average Bonchev–Trinajstić information content (AvgIpc) is 3.38. The summed E-state index contributed by atoms with van der Waals surface area (Å²) in [5.41, 5.74) is 2.05. The number of fused-ring (bicyclic) bond motifs is 1. The zero-order valence-corrected chi connectivity index (χ0v) is 22.6. The van der Waals surface area contributed by atoms with Crippen LogP contribution in [0.2, 0.25) is 5.02 Å². The van der Waals surface area contributed by atoms with Crippen molar-refractivity contribution in [1.29, 1.82) is 10.5 Å². The molecule has 0 fully saturated rings. The maximum Gasteiger partial charge on any atom is 0.196 e. The van der Waals surface area contributed by atoms with E-state index >= 15 is 0 Å². The second-order valence-corrected chi connectivity index (χ2v) is 9.83. The summed E-state index contributed by atoms with van der Waals surface area (Å²) in [7, 11) is 1.82. The highest BCUT2D eigenvalue weighted by molar-refractivity contribution is 14.1. The van der Waals surface area contributed by atoms with Crippen LogP contribution >= 0.6 is 56.8 Å². The molecule has 0 saturated heterocycles. The molecule has 1 N–H and O–H groups in total. The van der Waals surface area contributed by atoms with E-state index in [1.807, 2.05) is 63.0 Å². The molecule has 0 bridgehead atoms. The maximum absolute atomic E-state index is 9.30. The second-order valence-electron chi connectivity index (χ2n) is 7.13. The molecule has 168 valence electrons. The molecule has 3 heterocycles. The zero-order chi connectivity index (χ0) is 24.1. The van der Waals surface area contributed by atoms with Gasteiger partial charge in [0.1, 0.15) is 22.4 Å². The molecule has 0 amide bonds. The molecule has 0 atom stereocenters. The average molecular weight is 686 g/mol. The van der Waals surface area contributed by atoms with Gasteiger partial charge >= 0.3 is 0 Å². The zero-order valence-electron chi connectivity index (χ0n) is 17.6. The number of nitriles is 2. The number of phenols is 1. The van der Waals surface area contributed by atoms with E-state index in [1.165, 1.54) is 6.20 Å². The van der Waals surface area contributed by atoms with E-state index in [0.29, 0.717) is 41.5 Å². The minimum Gasteiger partial charge on any atom is -0.506 e. The molecule has 8 nitrogen and oxygen atoms in total. The summed E-state index contributed by atoms with van der Waals surface area (Å²) in [5.74, 6) is 3.98. The van der Waals surface area contributed by atoms with Crippen molar-refractivity contribution < 1.29 is 5.11 Å². The van der Waals surface area contributed by atoms with E-state index in [1.54, 1.807) is 21.7 Å². The topological polar surface area (TPSA) is 107 Å². The number of phenolic OH excluding ortho intramolecular Hbond substituents is 1. The van der Waals surface area contributed by atoms with Gasteiger partial charge in [0.2, 0.25) is 0 Å². The molecule has 1 aromatic carbocycles. The summed E-state index contributed by atoms with van der Waals surface area (Å²) in [4.78, 5) is 1.79. The van der Waals surface area contributed by atoms with Gasteiger partial charge in [-0.1, -0.05) is 17.5 Å². The Bertz CT molecular complexity index is 1290. The van der Waals surface area contributed by atoms with Gasteiger partial charge in [0.25, 0.3) is 0 Å². The third-order valence-electron chi connectivity index (χ3n) is 4.91. The Hall–Kier alpha value is -2.47. The number of terminal acetylenes is 1. The van der Waals surface area contributed by atoms with Crippen LogP contribution in [0.3, 0.4) is 0 Å². The molecular formula is C22H18ClI2N7O. The predicted octanol–water partition coefficient (Wildman–Crippen LogP) is 4.47. The number of aromatic nitrogens is 4. The van der Waals surface area contributed by atoms with Crippen LogP contribution < -0.4 is 4.90 Å². The molecule has 33 heavy (non-hydrogen) atoms. The first-order valence-electron chi connectivity index (χ1n) is 9.78. The summed E-state index contributed by atoms with van der Waals surface area (Å²) in [6.45, 7) is 1.22. The SMILES string of the molecule is C#CCN(C)c1c(C#N)cnn1-c1nn2c(c1Cl)CCCC2.N#Cc1cc(I)c(O)c(I)c1. The monoisotopic (exact) mass is 685 g/mol. The van der Waals surface area contributed by atoms with Crippen molar-refractivity contribution in [2.45, 2.75) is 25.8 Å². The summed E-state index contributed by atoms with van der Waals surface area (Å²) in [6.07, 6.45) is 10.00. The Morgan fingerprint density at radius 1 is 1.24 bits per heavy atom. The van der Waals surface area contributed by atoms with Crippen molar-refractivity contribution in [2.75, 3.05) is 18.5 Å². The first-order chi connectivity index (χ1) is 15.8. The lowest BCUT2D eigenvalue weighted by Gasteiger charge is -2.17. The van der Waals surface area contributed by atoms with Crippen molar-refractivity contribution in [3.8, 4) is 36.0 Å². The van der Waals surface area contributed by atoms with Crippen LogP contribution in [-0.2, 0) is 13.0 Å². The minimum absolute atomic E-state index is 0.255. The molecule has 0 radical (unpaired) electrons. The molecule has 4 rings (SSSR count). The molecule has 3 aromatic rings. The van der Waals surface area contributed by atoms with Gasteiger partial charge in [-0.3, -0.25) is 4.68 Å². The van der Waals surface area contributed by atoms with Gasteiger partial charge in [-0.05, 0) is 76.6 Å². The van der Waals surface area contributed by atoms with Gasteiger partial charge in [-0.2, -0.15) is 25.4 Å².